The van der Waals surface area contributed by atoms with Gasteiger partial charge in [0.15, 0.2) is 0 Å². The zero-order chi connectivity index (χ0) is 12.6. The third kappa shape index (κ3) is 2.20. The van der Waals surface area contributed by atoms with Gasteiger partial charge in [0.05, 0.1) is 12.2 Å². The molecular weight excluding hydrogens is 226 g/mol. The van der Waals surface area contributed by atoms with Crippen LogP contribution in [-0.4, -0.2) is 66.8 Å². The Morgan fingerprint density at radius 2 is 1.78 bits per heavy atom. The Labute approximate surface area is 110 Å². The Hall–Kier alpha value is -0.160. The van der Waals surface area contributed by atoms with Crippen LogP contribution < -0.4 is 5.73 Å². The van der Waals surface area contributed by atoms with E-state index >= 15 is 0 Å². The third-order valence-corrected chi connectivity index (χ3v) is 5.33. The first-order valence-electron chi connectivity index (χ1n) is 7.59. The number of likely N-dealkylation sites (tertiary alicyclic amines) is 2. The second-order valence-electron chi connectivity index (χ2n) is 6.23. The van der Waals surface area contributed by atoms with Crippen LogP contribution in [0.1, 0.15) is 32.6 Å². The largest absolute Gasteiger partial charge is 0.372 e. The molecule has 2 bridgehead atoms. The van der Waals surface area contributed by atoms with Gasteiger partial charge in [0.1, 0.15) is 0 Å². The molecule has 0 spiro atoms. The molecule has 3 fully saturated rings. The van der Waals surface area contributed by atoms with E-state index in [1.165, 1.54) is 45.3 Å². The molecule has 0 aromatic heterocycles. The summed E-state index contributed by atoms with van der Waals surface area (Å²) in [6, 6.07) is 0. The molecule has 3 aliphatic heterocycles. The molecule has 0 saturated carbocycles. The predicted octanol–water partition coefficient (Wildman–Crippen LogP) is 0.663. The number of piperidine rings is 1. The molecule has 0 amide bonds. The highest BCUT2D eigenvalue weighted by Crippen LogP contribution is 2.35. The van der Waals surface area contributed by atoms with Crippen molar-refractivity contribution in [2.75, 3.05) is 39.3 Å². The van der Waals surface area contributed by atoms with Crippen LogP contribution in [0.5, 0.6) is 0 Å². The van der Waals surface area contributed by atoms with Crippen molar-refractivity contribution in [2.45, 2.75) is 50.4 Å². The van der Waals surface area contributed by atoms with Crippen LogP contribution in [0.3, 0.4) is 0 Å². The van der Waals surface area contributed by atoms with Crippen LogP contribution in [0.25, 0.3) is 0 Å². The molecular formula is C14H27N3O. The lowest BCUT2D eigenvalue weighted by atomic mass is 9.85. The molecule has 0 aliphatic carbocycles. The number of morpholine rings is 1. The van der Waals surface area contributed by atoms with Crippen molar-refractivity contribution in [1.29, 1.82) is 0 Å². The van der Waals surface area contributed by atoms with Crippen LogP contribution in [0.4, 0.5) is 0 Å². The van der Waals surface area contributed by atoms with Gasteiger partial charge in [-0.2, -0.15) is 0 Å². The Kier molecular flexibility index (Phi) is 3.63. The minimum Gasteiger partial charge on any atom is -0.372 e. The summed E-state index contributed by atoms with van der Waals surface area (Å²) < 4.78 is 5.96. The van der Waals surface area contributed by atoms with Gasteiger partial charge >= 0.3 is 0 Å². The van der Waals surface area contributed by atoms with Gasteiger partial charge in [0.25, 0.3) is 0 Å². The topological polar surface area (TPSA) is 41.7 Å². The average Bonchev–Trinajstić information content (AvgIpc) is 2.77. The summed E-state index contributed by atoms with van der Waals surface area (Å²) in [5, 5.41) is 0. The highest BCUT2D eigenvalue weighted by Gasteiger charge is 2.44. The monoisotopic (exact) mass is 253 g/mol. The van der Waals surface area contributed by atoms with Crippen LogP contribution in [0, 0.1) is 0 Å². The maximum atomic E-state index is 6.17. The van der Waals surface area contributed by atoms with E-state index in [1.807, 2.05) is 0 Å². The maximum Gasteiger partial charge on any atom is 0.0707 e. The van der Waals surface area contributed by atoms with E-state index in [1.54, 1.807) is 0 Å². The van der Waals surface area contributed by atoms with E-state index in [0.29, 0.717) is 12.2 Å². The Morgan fingerprint density at radius 1 is 1.17 bits per heavy atom. The van der Waals surface area contributed by atoms with Crippen molar-refractivity contribution in [3.63, 3.8) is 0 Å². The zero-order valence-corrected chi connectivity index (χ0v) is 11.6. The van der Waals surface area contributed by atoms with E-state index in [9.17, 15) is 0 Å². The van der Waals surface area contributed by atoms with Crippen molar-refractivity contribution in [3.05, 3.63) is 0 Å². The lowest BCUT2D eigenvalue weighted by Crippen LogP contribution is -2.63. The van der Waals surface area contributed by atoms with Crippen molar-refractivity contribution < 1.29 is 4.74 Å². The molecule has 0 radical (unpaired) electrons. The van der Waals surface area contributed by atoms with Gasteiger partial charge in [-0.3, -0.25) is 4.90 Å². The zero-order valence-electron chi connectivity index (χ0n) is 11.6. The summed E-state index contributed by atoms with van der Waals surface area (Å²) in [4.78, 5) is 5.22. The molecule has 3 rings (SSSR count). The fourth-order valence-corrected chi connectivity index (χ4v) is 3.94. The van der Waals surface area contributed by atoms with Crippen LogP contribution in [0.2, 0.25) is 0 Å². The van der Waals surface area contributed by atoms with Gasteiger partial charge in [0, 0.05) is 25.2 Å². The molecule has 2 unspecified atom stereocenters. The Morgan fingerprint density at radius 3 is 2.28 bits per heavy atom. The molecule has 2 N–H and O–H groups in total. The number of hydrogen-bond acceptors (Lipinski definition) is 4. The molecule has 3 saturated heterocycles. The smallest absolute Gasteiger partial charge is 0.0707 e. The summed E-state index contributed by atoms with van der Waals surface area (Å²) in [6.45, 7) is 8.88. The van der Waals surface area contributed by atoms with E-state index in [-0.39, 0.29) is 5.54 Å². The lowest BCUT2D eigenvalue weighted by molar-refractivity contribution is -0.0901. The number of rotatable bonds is 3. The van der Waals surface area contributed by atoms with Crippen LogP contribution >= 0.6 is 0 Å². The first-order valence-corrected chi connectivity index (χ1v) is 7.59. The molecule has 0 aromatic carbocycles. The third-order valence-electron chi connectivity index (χ3n) is 5.33. The molecule has 0 aromatic rings. The molecule has 4 heteroatoms. The average molecular weight is 253 g/mol. The maximum absolute atomic E-state index is 6.17. The first-order chi connectivity index (χ1) is 8.75. The van der Waals surface area contributed by atoms with Gasteiger partial charge < -0.3 is 15.4 Å². The van der Waals surface area contributed by atoms with E-state index < -0.39 is 0 Å². The number of hydrogen-bond donors (Lipinski definition) is 1. The highest BCUT2D eigenvalue weighted by molar-refractivity contribution is 5.00. The summed E-state index contributed by atoms with van der Waals surface area (Å²) in [5.74, 6) is 0. The van der Waals surface area contributed by atoms with Gasteiger partial charge in [-0.1, -0.05) is 6.92 Å². The fourth-order valence-electron chi connectivity index (χ4n) is 3.94. The van der Waals surface area contributed by atoms with Crippen molar-refractivity contribution in [1.82, 2.24) is 9.80 Å². The minimum absolute atomic E-state index is 0.260. The van der Waals surface area contributed by atoms with Crippen LogP contribution in [0.15, 0.2) is 0 Å². The summed E-state index contributed by atoms with van der Waals surface area (Å²) in [6.07, 6.45) is 5.94. The Balaban J connectivity index is 1.68. The van der Waals surface area contributed by atoms with Gasteiger partial charge in [-0.05, 0) is 45.3 Å². The van der Waals surface area contributed by atoms with Crippen molar-refractivity contribution in [3.8, 4) is 0 Å². The quantitative estimate of drug-likeness (QED) is 0.802. The predicted molar refractivity (Wildman–Crippen MR) is 72.6 cm³/mol. The molecule has 104 valence electrons. The lowest BCUT2D eigenvalue weighted by Gasteiger charge is -2.51. The van der Waals surface area contributed by atoms with Crippen molar-refractivity contribution in [2.24, 2.45) is 5.73 Å². The van der Waals surface area contributed by atoms with E-state index in [4.69, 9.17) is 10.5 Å². The summed E-state index contributed by atoms with van der Waals surface area (Å²) in [5.41, 5.74) is 6.43. The van der Waals surface area contributed by atoms with E-state index in [2.05, 4.69) is 16.7 Å². The number of ether oxygens (including phenoxy) is 1. The van der Waals surface area contributed by atoms with Gasteiger partial charge in [-0.15, -0.1) is 0 Å². The van der Waals surface area contributed by atoms with Gasteiger partial charge in [-0.25, -0.2) is 0 Å². The highest BCUT2D eigenvalue weighted by atomic mass is 16.5. The standard InChI is InChI=1S/C14H27N3O/c1-2-16-7-5-14(11-15,6-8-16)17-9-12-3-4-13(10-17)18-12/h12-13H,2-11,15H2,1H3. The second-order valence-corrected chi connectivity index (χ2v) is 6.23. The molecule has 18 heavy (non-hydrogen) atoms. The summed E-state index contributed by atoms with van der Waals surface area (Å²) >= 11 is 0. The van der Waals surface area contributed by atoms with Gasteiger partial charge in [0.2, 0.25) is 0 Å². The number of fused-ring (bicyclic) bond motifs is 2. The SMILES string of the molecule is CCN1CCC(CN)(N2CC3CCC(C2)O3)CC1. The van der Waals surface area contributed by atoms with E-state index in [0.717, 1.165) is 19.6 Å². The molecule has 3 aliphatic rings. The Bertz CT molecular complexity index is 277. The van der Waals surface area contributed by atoms with Crippen LogP contribution in [-0.2, 0) is 4.74 Å². The first kappa shape index (κ1) is 12.9. The summed E-state index contributed by atoms with van der Waals surface area (Å²) in [7, 11) is 0. The minimum atomic E-state index is 0.260. The molecule has 4 nitrogen and oxygen atoms in total. The number of nitrogens with two attached hydrogens (primary N) is 1. The normalized spacial score (nSPS) is 37.0. The molecule has 2 atom stereocenters. The van der Waals surface area contributed by atoms with Crippen molar-refractivity contribution >= 4 is 0 Å². The number of nitrogens with zero attached hydrogens (tertiary/aromatic N) is 2. The molecule has 3 heterocycles. The second kappa shape index (κ2) is 5.08. The fraction of sp³-hybridized carbons (Fsp3) is 1.00.